The Balaban J connectivity index is 0.000000321. The number of nitrogens with one attached hydrogen (secondary N) is 1. The van der Waals surface area contributed by atoms with E-state index in [0.29, 0.717) is 38.7 Å². The number of carbonyl (C=O) groups is 5. The van der Waals surface area contributed by atoms with Gasteiger partial charge in [-0.25, -0.2) is 22.6 Å². The van der Waals surface area contributed by atoms with E-state index in [2.05, 4.69) is 5.32 Å². The number of rotatable bonds is 15. The van der Waals surface area contributed by atoms with Crippen LogP contribution in [0.4, 0.5) is 13.2 Å². The molecule has 0 amide bonds. The molecule has 0 aliphatic heterocycles. The maximum Gasteiger partial charge on any atom is 0.431 e. The van der Waals surface area contributed by atoms with Gasteiger partial charge in [-0.1, -0.05) is 30.7 Å². The largest absolute Gasteiger partial charge is 0.489 e. The third-order valence-electron chi connectivity index (χ3n) is 9.46. The van der Waals surface area contributed by atoms with Gasteiger partial charge in [0.1, 0.15) is 29.7 Å². The lowest BCUT2D eigenvalue weighted by Gasteiger charge is -2.18. The quantitative estimate of drug-likeness (QED) is 0.0559. The SMILES string of the molecule is CCc1ccc(COc2ccc(-n3c(=O)cc(C(F)(F)F)n(C)c3=O)cc2)c(OC(C)C(=O)OC)c1.CS(=O)(=O)c1ccc(C(=O)C2C(=O)CCCC2=O)c(Cl)c1.O=C(O)CNCP(=O)(O)O. The average molecular weight is 1000 g/mol. The highest BCUT2D eigenvalue weighted by Crippen LogP contribution is 2.32. The van der Waals surface area contributed by atoms with Crippen molar-refractivity contribution in [2.75, 3.05) is 26.2 Å². The molecule has 19 nitrogen and oxygen atoms in total. The molecular weight excluding hydrogens is 958 g/mol. The monoisotopic (exact) mass is 1000 g/mol. The highest BCUT2D eigenvalue weighted by Gasteiger charge is 2.38. The van der Waals surface area contributed by atoms with Gasteiger partial charge in [0.2, 0.25) is 0 Å². The van der Waals surface area contributed by atoms with Crippen molar-refractivity contribution in [2.45, 2.75) is 63.3 Å². The number of Topliss-reactive ketones (excluding diaryl/α,β-unsaturated/α-hetero) is 3. The molecule has 4 N–H and O–H groups in total. The Morgan fingerprint density at radius 2 is 1.58 bits per heavy atom. The summed E-state index contributed by atoms with van der Waals surface area (Å²) in [4.78, 5) is 98.5. The summed E-state index contributed by atoms with van der Waals surface area (Å²) in [5.74, 6) is -3.60. The Labute approximate surface area is 385 Å². The van der Waals surface area contributed by atoms with Crippen LogP contribution in [-0.2, 0) is 64.6 Å². The third kappa shape index (κ3) is 16.1. The molecule has 1 atom stereocenters. The summed E-state index contributed by atoms with van der Waals surface area (Å²) in [6.45, 7) is 3.19. The van der Waals surface area contributed by atoms with Crippen molar-refractivity contribution in [3.63, 3.8) is 0 Å². The fourth-order valence-electron chi connectivity index (χ4n) is 6.03. The first-order valence-corrected chi connectivity index (χ1v) is 23.7. The van der Waals surface area contributed by atoms with Gasteiger partial charge in [0.05, 0.1) is 35.5 Å². The second kappa shape index (κ2) is 23.7. The zero-order valence-corrected chi connectivity index (χ0v) is 38.8. The molecule has 25 heteroatoms. The van der Waals surface area contributed by atoms with Crippen LogP contribution < -0.4 is 26.0 Å². The second-order valence-electron chi connectivity index (χ2n) is 14.5. The van der Waals surface area contributed by atoms with Crippen molar-refractivity contribution in [1.82, 2.24) is 14.5 Å². The van der Waals surface area contributed by atoms with Gasteiger partial charge in [0.15, 0.2) is 33.3 Å². The predicted octanol–water partition coefficient (Wildman–Crippen LogP) is 4.30. The van der Waals surface area contributed by atoms with Crippen molar-refractivity contribution in [3.05, 3.63) is 115 Å². The first kappa shape index (κ1) is 55.4. The fraction of sp³-hybridized carbons (Fsp3) is 0.357. The van der Waals surface area contributed by atoms with Crippen molar-refractivity contribution in [2.24, 2.45) is 13.0 Å². The molecule has 1 fully saturated rings. The highest BCUT2D eigenvalue weighted by atomic mass is 35.5. The van der Waals surface area contributed by atoms with Crippen LogP contribution in [0.15, 0.2) is 81.2 Å². The number of sulfone groups is 1. The number of carboxylic acid groups (broad SMARTS) is 1. The van der Waals surface area contributed by atoms with Crippen LogP contribution in [0.3, 0.4) is 0 Å². The molecule has 1 unspecified atom stereocenters. The number of aromatic nitrogens is 2. The Morgan fingerprint density at radius 1 is 0.970 bits per heavy atom. The van der Waals surface area contributed by atoms with Gasteiger partial charge in [-0.2, -0.15) is 13.2 Å². The smallest absolute Gasteiger partial charge is 0.431 e. The minimum Gasteiger partial charge on any atom is -0.489 e. The van der Waals surface area contributed by atoms with E-state index in [1.807, 2.05) is 25.1 Å². The zero-order valence-electron chi connectivity index (χ0n) is 36.4. The molecule has 67 heavy (non-hydrogen) atoms. The average Bonchev–Trinajstić information content (AvgIpc) is 3.23. The number of halogens is 4. The Kier molecular flexibility index (Phi) is 19.5. The van der Waals surface area contributed by atoms with Gasteiger partial charge in [0.25, 0.3) is 5.56 Å². The minimum absolute atomic E-state index is 0.00216. The second-order valence-corrected chi connectivity index (χ2v) is 18.6. The number of hydrogen-bond acceptors (Lipinski definition) is 14. The standard InChI is InChI=1S/C25H25F3N2O6.C14H13ClO5S.C3H8NO5P/c1-5-16-6-7-17(20(12-16)36-15(2)23(32)34-4)14-35-19-10-8-18(9-11-19)30-22(31)13-21(25(26,27)28)29(3)24(30)33;1-21(19,20)8-5-6-9(10(15)7-8)14(18)13-11(16)3-2-4-12(13)17;5-3(6)1-4-2-10(7,8)9/h6-13,15H,5,14H2,1-4H3;5-7,13H,2-4H2,1H3;4H,1-2H2,(H,5,6)(H2,7,8,9). The molecule has 0 spiro atoms. The number of ketones is 3. The van der Waals surface area contributed by atoms with Gasteiger partial charge in [0, 0.05) is 43.3 Å². The molecule has 5 rings (SSSR count). The predicted molar refractivity (Wildman–Crippen MR) is 233 cm³/mol. The molecule has 0 radical (unpaired) electrons. The zero-order chi connectivity index (χ0) is 50.6. The summed E-state index contributed by atoms with van der Waals surface area (Å²) in [5, 5.41) is 9.98. The van der Waals surface area contributed by atoms with E-state index in [0.717, 1.165) is 31.4 Å². The number of methoxy groups -OCH3 is 1. The lowest BCUT2D eigenvalue weighted by molar-refractivity contribution is -0.148. The maximum atomic E-state index is 13.1. The van der Waals surface area contributed by atoms with Crippen molar-refractivity contribution >= 4 is 58.3 Å². The number of carboxylic acids is 1. The van der Waals surface area contributed by atoms with Crippen LogP contribution in [0.1, 0.15) is 60.3 Å². The molecule has 1 aliphatic rings. The van der Waals surface area contributed by atoms with Crippen molar-refractivity contribution in [3.8, 4) is 17.2 Å². The van der Waals surface area contributed by atoms with E-state index in [1.54, 1.807) is 6.92 Å². The van der Waals surface area contributed by atoms with Crippen LogP contribution in [0.2, 0.25) is 5.02 Å². The van der Waals surface area contributed by atoms with E-state index in [-0.39, 0.29) is 40.6 Å². The molecule has 0 bridgehead atoms. The first-order chi connectivity index (χ1) is 31.1. The molecule has 364 valence electrons. The molecule has 3 aromatic carbocycles. The summed E-state index contributed by atoms with van der Waals surface area (Å²) in [6.07, 6.45) is -3.63. The molecule has 0 saturated heterocycles. The maximum absolute atomic E-state index is 13.1. The number of aliphatic carboxylic acids is 1. The number of ether oxygens (including phenoxy) is 3. The van der Waals surface area contributed by atoms with E-state index in [4.69, 9.17) is 40.7 Å². The van der Waals surface area contributed by atoms with Gasteiger partial charge in [-0.05, 0) is 73.9 Å². The van der Waals surface area contributed by atoms with Crippen LogP contribution in [-0.4, -0.2) is 94.0 Å². The van der Waals surface area contributed by atoms with Crippen LogP contribution in [0.25, 0.3) is 5.69 Å². The Morgan fingerprint density at radius 3 is 2.09 bits per heavy atom. The summed E-state index contributed by atoms with van der Waals surface area (Å²) >= 11 is 5.94. The molecule has 1 heterocycles. The lowest BCUT2D eigenvalue weighted by Crippen LogP contribution is -2.40. The fourth-order valence-corrected chi connectivity index (χ4v) is 7.42. The van der Waals surface area contributed by atoms with Crippen LogP contribution in [0.5, 0.6) is 11.5 Å². The van der Waals surface area contributed by atoms with Crippen LogP contribution >= 0.6 is 19.2 Å². The molecular formula is C42H46ClF3N3O16PS. The van der Waals surface area contributed by atoms with Crippen molar-refractivity contribution < 1.29 is 79.2 Å². The Hall–Kier alpha value is -5.97. The molecule has 4 aromatic rings. The number of alkyl halides is 3. The number of esters is 1. The number of hydrogen-bond donors (Lipinski definition) is 4. The topological polar surface area (TPSA) is 281 Å². The molecule has 1 saturated carbocycles. The van der Waals surface area contributed by atoms with E-state index in [9.17, 15) is 59.7 Å². The first-order valence-electron chi connectivity index (χ1n) is 19.7. The third-order valence-corrected chi connectivity index (χ3v) is 11.5. The number of aryl methyl sites for hydroxylation is 1. The lowest BCUT2D eigenvalue weighted by atomic mass is 9.82. The van der Waals surface area contributed by atoms with Gasteiger partial charge in [-0.3, -0.25) is 38.4 Å². The van der Waals surface area contributed by atoms with E-state index < -0.39 is 94.7 Å². The number of nitrogens with zero attached hydrogens (tertiary/aromatic N) is 2. The number of benzene rings is 3. The van der Waals surface area contributed by atoms with Gasteiger partial charge < -0.3 is 29.1 Å². The summed E-state index contributed by atoms with van der Waals surface area (Å²) in [5.41, 5.74) is -1.80. The molecule has 1 aromatic heterocycles. The van der Waals surface area contributed by atoms with Crippen LogP contribution in [0, 0.1) is 5.92 Å². The highest BCUT2D eigenvalue weighted by molar-refractivity contribution is 7.90. The summed E-state index contributed by atoms with van der Waals surface area (Å²) in [6, 6.07) is 15.3. The number of carbonyl (C=O) groups excluding carboxylic acids is 4. The van der Waals surface area contributed by atoms with Crippen molar-refractivity contribution in [1.29, 1.82) is 0 Å². The Bertz CT molecular complexity index is 2760. The molecule has 1 aliphatic carbocycles. The summed E-state index contributed by atoms with van der Waals surface area (Å²) < 4.78 is 89.4. The van der Waals surface area contributed by atoms with E-state index >= 15 is 0 Å². The van der Waals surface area contributed by atoms with Gasteiger partial charge >= 0.3 is 31.4 Å². The summed E-state index contributed by atoms with van der Waals surface area (Å²) in [7, 11) is -5.32. The minimum atomic E-state index is -4.84. The van der Waals surface area contributed by atoms with Gasteiger partial charge in [-0.15, -0.1) is 0 Å². The normalized spacial score (nSPS) is 13.6. The van der Waals surface area contributed by atoms with E-state index in [1.165, 1.54) is 43.5 Å².